The Morgan fingerprint density at radius 1 is 1.03 bits per heavy atom. The van der Waals surface area contributed by atoms with Crippen molar-refractivity contribution in [1.29, 1.82) is 0 Å². The van der Waals surface area contributed by atoms with Crippen molar-refractivity contribution < 1.29 is 23.9 Å². The second-order valence-corrected chi connectivity index (χ2v) is 9.97. The van der Waals surface area contributed by atoms with Crippen molar-refractivity contribution >= 4 is 39.9 Å². The van der Waals surface area contributed by atoms with E-state index in [9.17, 15) is 24.3 Å². The number of anilines is 2. The summed E-state index contributed by atoms with van der Waals surface area (Å²) < 4.78 is 17.0. The molecular formula is C27H25FN4O5. The summed E-state index contributed by atoms with van der Waals surface area (Å²) in [6.07, 6.45) is 3.13. The molecule has 0 spiro atoms. The number of Topliss-reactive ketones (excluding diaryl/α,β-unsaturated/α-hetero) is 1. The van der Waals surface area contributed by atoms with Gasteiger partial charge in [-0.1, -0.05) is 11.6 Å². The van der Waals surface area contributed by atoms with Crippen LogP contribution in [0.2, 0.25) is 0 Å². The minimum absolute atomic E-state index is 0.0674. The Balaban J connectivity index is 1.24. The molecular weight excluding hydrogens is 479 g/mol. The summed E-state index contributed by atoms with van der Waals surface area (Å²) >= 11 is 0. The highest BCUT2D eigenvalue weighted by molar-refractivity contribution is 6.52. The maximum Gasteiger partial charge on any atom is 0.341 e. The van der Waals surface area contributed by atoms with Crippen molar-refractivity contribution in [3.63, 3.8) is 0 Å². The third-order valence-corrected chi connectivity index (χ3v) is 7.45. The molecule has 3 aromatic rings. The summed E-state index contributed by atoms with van der Waals surface area (Å²) in [6, 6.07) is 8.30. The molecule has 6 rings (SSSR count). The van der Waals surface area contributed by atoms with Crippen LogP contribution in [0.5, 0.6) is 0 Å². The number of aromatic nitrogens is 1. The number of halogens is 1. The average Bonchev–Trinajstić information content (AvgIpc) is 3.69. The number of amides is 1. The van der Waals surface area contributed by atoms with Gasteiger partial charge >= 0.3 is 11.9 Å². The topological polar surface area (TPSA) is 103 Å². The second-order valence-electron chi connectivity index (χ2n) is 9.97. The van der Waals surface area contributed by atoms with Gasteiger partial charge in [0.25, 0.3) is 5.78 Å². The van der Waals surface area contributed by atoms with Crippen LogP contribution in [0.3, 0.4) is 0 Å². The molecule has 3 heterocycles. The number of ketones is 1. The van der Waals surface area contributed by atoms with E-state index in [1.165, 1.54) is 11.1 Å². The molecule has 37 heavy (non-hydrogen) atoms. The van der Waals surface area contributed by atoms with Crippen LogP contribution in [0.4, 0.5) is 15.8 Å². The number of carboxylic acids is 1. The molecule has 1 amide bonds. The fourth-order valence-electron chi connectivity index (χ4n) is 5.29. The summed E-state index contributed by atoms with van der Waals surface area (Å²) in [7, 11) is 0. The van der Waals surface area contributed by atoms with Crippen LogP contribution in [0, 0.1) is 12.7 Å². The zero-order valence-electron chi connectivity index (χ0n) is 20.2. The maximum absolute atomic E-state index is 15.2. The smallest absolute Gasteiger partial charge is 0.341 e. The zero-order chi connectivity index (χ0) is 26.0. The molecule has 2 fully saturated rings. The van der Waals surface area contributed by atoms with E-state index in [-0.39, 0.29) is 23.7 Å². The van der Waals surface area contributed by atoms with Gasteiger partial charge in [0.1, 0.15) is 11.4 Å². The summed E-state index contributed by atoms with van der Waals surface area (Å²) in [5, 5.41) is 9.51. The third kappa shape index (κ3) is 3.88. The number of fused-ring (bicyclic) bond motifs is 2. The van der Waals surface area contributed by atoms with Crippen LogP contribution >= 0.6 is 0 Å². The van der Waals surface area contributed by atoms with Crippen LogP contribution in [-0.4, -0.2) is 65.1 Å². The first kappa shape index (κ1) is 23.4. The van der Waals surface area contributed by atoms with E-state index in [1.807, 2.05) is 17.9 Å². The first-order valence-electron chi connectivity index (χ1n) is 12.3. The van der Waals surface area contributed by atoms with E-state index in [2.05, 4.69) is 4.90 Å². The Bertz CT molecular complexity index is 1550. The van der Waals surface area contributed by atoms with Crippen molar-refractivity contribution in [3.05, 3.63) is 69.3 Å². The van der Waals surface area contributed by atoms with Crippen molar-refractivity contribution in [2.24, 2.45) is 0 Å². The monoisotopic (exact) mass is 504 g/mol. The van der Waals surface area contributed by atoms with Crippen LogP contribution in [0.25, 0.3) is 10.9 Å². The van der Waals surface area contributed by atoms with Crippen LogP contribution in [0.15, 0.2) is 41.3 Å². The molecule has 10 heteroatoms. The number of carbonyl (C=O) groups excluding carboxylic acids is 2. The minimum Gasteiger partial charge on any atom is -0.477 e. The molecule has 0 bridgehead atoms. The van der Waals surface area contributed by atoms with E-state index in [1.54, 1.807) is 22.8 Å². The van der Waals surface area contributed by atoms with Gasteiger partial charge in [-0.2, -0.15) is 0 Å². The number of carboxylic acid groups (broad SMARTS) is 1. The average molecular weight is 505 g/mol. The fraction of sp³-hybridized carbons (Fsp3) is 0.333. The minimum atomic E-state index is -1.32. The molecule has 0 radical (unpaired) electrons. The lowest BCUT2D eigenvalue weighted by Crippen LogP contribution is -2.51. The van der Waals surface area contributed by atoms with Gasteiger partial charge in [-0.25, -0.2) is 9.18 Å². The Morgan fingerprint density at radius 3 is 2.43 bits per heavy atom. The van der Waals surface area contributed by atoms with Crippen LogP contribution < -0.4 is 15.2 Å². The highest BCUT2D eigenvalue weighted by atomic mass is 19.1. The number of carbonyl (C=O) groups is 3. The standard InChI is InChI=1S/C27H25FN4O5/c1-15-2-5-21-17(10-15)25(34)26(35)32(21)14-29-6-8-30(9-7-29)23-12-22-18(11-20(23)28)24(33)19(27(36)37)13-31(22)16-3-4-16/h2,5,10-13,16H,3-4,6-9,14H2,1H3,(H,36,37). The largest absolute Gasteiger partial charge is 0.477 e. The SMILES string of the molecule is Cc1ccc2c(c1)C(=O)C(=O)N2CN1CCN(c2cc3c(cc2F)c(=O)c(C(=O)O)cn3C2CC2)CC1. The van der Waals surface area contributed by atoms with Gasteiger partial charge in [0, 0.05) is 43.8 Å². The highest BCUT2D eigenvalue weighted by Crippen LogP contribution is 2.38. The van der Waals surface area contributed by atoms with Gasteiger partial charge in [0.15, 0.2) is 0 Å². The molecule has 1 aliphatic carbocycles. The highest BCUT2D eigenvalue weighted by Gasteiger charge is 2.37. The van der Waals surface area contributed by atoms with Crippen molar-refractivity contribution in [2.75, 3.05) is 42.6 Å². The number of nitrogens with zero attached hydrogens (tertiary/aromatic N) is 4. The van der Waals surface area contributed by atoms with Gasteiger partial charge in [0.05, 0.1) is 29.1 Å². The summed E-state index contributed by atoms with van der Waals surface area (Å²) in [4.78, 5) is 54.8. The lowest BCUT2D eigenvalue weighted by Gasteiger charge is -2.37. The normalized spacial score (nSPS) is 18.1. The number of piperazine rings is 1. The number of pyridine rings is 1. The zero-order valence-corrected chi connectivity index (χ0v) is 20.2. The van der Waals surface area contributed by atoms with Gasteiger partial charge in [0.2, 0.25) is 5.43 Å². The molecule has 0 atom stereocenters. The van der Waals surface area contributed by atoms with Gasteiger partial charge in [-0.3, -0.25) is 24.2 Å². The molecule has 1 N–H and O–H groups in total. The predicted molar refractivity (Wildman–Crippen MR) is 135 cm³/mol. The Kier molecular flexibility index (Phi) is 5.38. The fourth-order valence-corrected chi connectivity index (χ4v) is 5.29. The van der Waals surface area contributed by atoms with Crippen molar-refractivity contribution in [1.82, 2.24) is 9.47 Å². The maximum atomic E-state index is 15.2. The Hall–Kier alpha value is -4.05. The predicted octanol–water partition coefficient (Wildman–Crippen LogP) is 2.79. The van der Waals surface area contributed by atoms with E-state index >= 15 is 4.39 Å². The molecule has 1 saturated heterocycles. The number of hydrogen-bond acceptors (Lipinski definition) is 6. The number of aromatic carboxylic acids is 1. The second kappa shape index (κ2) is 8.52. The van der Waals surface area contributed by atoms with E-state index in [0.717, 1.165) is 24.5 Å². The van der Waals surface area contributed by atoms with Gasteiger partial charge in [-0.05, 0) is 44.0 Å². The number of aryl methyl sites for hydroxylation is 1. The molecule has 1 aromatic heterocycles. The van der Waals surface area contributed by atoms with Gasteiger partial charge < -0.3 is 14.6 Å². The molecule has 1 saturated carbocycles. The molecule has 9 nitrogen and oxygen atoms in total. The quantitative estimate of drug-likeness (QED) is 0.533. The molecule has 2 aliphatic heterocycles. The first-order valence-corrected chi connectivity index (χ1v) is 12.3. The molecule has 0 unspecified atom stereocenters. The number of hydrogen-bond donors (Lipinski definition) is 1. The number of rotatable bonds is 5. The molecule has 3 aliphatic rings. The summed E-state index contributed by atoms with van der Waals surface area (Å²) in [5.74, 6) is -2.93. The summed E-state index contributed by atoms with van der Waals surface area (Å²) in [6.45, 7) is 4.21. The first-order chi connectivity index (χ1) is 17.7. The van der Waals surface area contributed by atoms with Gasteiger partial charge in [-0.15, -0.1) is 0 Å². The molecule has 2 aromatic carbocycles. The van der Waals surface area contributed by atoms with E-state index in [4.69, 9.17) is 0 Å². The van der Waals surface area contributed by atoms with Crippen LogP contribution in [-0.2, 0) is 4.79 Å². The van der Waals surface area contributed by atoms with Crippen molar-refractivity contribution in [3.8, 4) is 0 Å². The third-order valence-electron chi connectivity index (χ3n) is 7.45. The molecule has 190 valence electrons. The lowest BCUT2D eigenvalue weighted by atomic mass is 10.1. The van der Waals surface area contributed by atoms with E-state index < -0.39 is 28.9 Å². The summed E-state index contributed by atoms with van der Waals surface area (Å²) in [5.41, 5.74) is 1.81. The number of benzene rings is 2. The van der Waals surface area contributed by atoms with Crippen molar-refractivity contribution in [2.45, 2.75) is 25.8 Å². The van der Waals surface area contributed by atoms with E-state index in [0.29, 0.717) is 48.6 Å². The Labute approximate surface area is 211 Å². The van der Waals surface area contributed by atoms with Crippen LogP contribution in [0.1, 0.15) is 45.2 Å². The lowest BCUT2D eigenvalue weighted by molar-refractivity contribution is -0.114. The Morgan fingerprint density at radius 2 is 1.76 bits per heavy atom.